The molecule has 0 atom stereocenters. The van der Waals surface area contributed by atoms with Crippen LogP contribution in [0.4, 0.5) is 0 Å². The van der Waals surface area contributed by atoms with Crippen molar-refractivity contribution in [1.82, 2.24) is 4.98 Å². The summed E-state index contributed by atoms with van der Waals surface area (Å²) in [7, 11) is 0. The number of aromatic nitrogens is 1. The second-order valence-electron chi connectivity index (χ2n) is 3.04. The van der Waals surface area contributed by atoms with E-state index in [0.29, 0.717) is 11.6 Å². The lowest BCUT2D eigenvalue weighted by atomic mass is 10.3. The van der Waals surface area contributed by atoms with Gasteiger partial charge in [0.1, 0.15) is 11.5 Å². The Hall–Kier alpha value is -1.07. The van der Waals surface area contributed by atoms with E-state index in [4.69, 9.17) is 9.84 Å². The van der Waals surface area contributed by atoms with Gasteiger partial charge in [-0.2, -0.15) is 0 Å². The zero-order valence-corrected chi connectivity index (χ0v) is 11.2. The Labute approximate surface area is 109 Å². The summed E-state index contributed by atoms with van der Waals surface area (Å²) in [4.78, 5) is 4.12. The highest BCUT2D eigenvalue weighted by atomic mass is 79.9. The van der Waals surface area contributed by atoms with Crippen LogP contribution >= 0.6 is 31.9 Å². The van der Waals surface area contributed by atoms with Gasteiger partial charge in [0.2, 0.25) is 5.88 Å². The van der Waals surface area contributed by atoms with Gasteiger partial charge in [-0.1, -0.05) is 0 Å². The van der Waals surface area contributed by atoms with Crippen LogP contribution in [0.2, 0.25) is 0 Å². The van der Waals surface area contributed by atoms with Gasteiger partial charge in [0.15, 0.2) is 0 Å². The molecule has 82 valence electrons. The van der Waals surface area contributed by atoms with Crippen LogP contribution in [0.3, 0.4) is 0 Å². The van der Waals surface area contributed by atoms with Crippen molar-refractivity contribution in [2.24, 2.45) is 0 Å². The van der Waals surface area contributed by atoms with Gasteiger partial charge in [-0.25, -0.2) is 4.98 Å². The SMILES string of the molecule is Oc1ccc(Oc2ncc(Br)cc2Br)cc1. The average molecular weight is 345 g/mol. The standard InChI is InChI=1S/C11H7Br2NO2/c12-7-5-10(13)11(14-6-7)16-9-3-1-8(15)2-4-9/h1-6,15H. The summed E-state index contributed by atoms with van der Waals surface area (Å²) in [6.07, 6.45) is 1.65. The summed E-state index contributed by atoms with van der Waals surface area (Å²) < 4.78 is 7.16. The lowest BCUT2D eigenvalue weighted by Crippen LogP contribution is -1.88. The average Bonchev–Trinajstić information content (AvgIpc) is 2.25. The largest absolute Gasteiger partial charge is 0.508 e. The van der Waals surface area contributed by atoms with Gasteiger partial charge >= 0.3 is 0 Å². The summed E-state index contributed by atoms with van der Waals surface area (Å²) in [5, 5.41) is 9.13. The smallest absolute Gasteiger partial charge is 0.233 e. The van der Waals surface area contributed by atoms with Gasteiger partial charge in [0, 0.05) is 10.7 Å². The quantitative estimate of drug-likeness (QED) is 0.891. The van der Waals surface area contributed by atoms with Crippen molar-refractivity contribution in [3.8, 4) is 17.4 Å². The molecular formula is C11H7Br2NO2. The minimum atomic E-state index is 0.204. The van der Waals surface area contributed by atoms with Crippen LogP contribution in [0, 0.1) is 0 Å². The number of rotatable bonds is 2. The molecule has 0 aliphatic heterocycles. The van der Waals surface area contributed by atoms with E-state index in [0.717, 1.165) is 8.95 Å². The molecule has 1 N–H and O–H groups in total. The van der Waals surface area contributed by atoms with Crippen molar-refractivity contribution in [2.45, 2.75) is 0 Å². The predicted molar refractivity (Wildman–Crippen MR) is 67.8 cm³/mol. The molecule has 0 bridgehead atoms. The second kappa shape index (κ2) is 4.84. The molecule has 1 heterocycles. The highest BCUT2D eigenvalue weighted by Crippen LogP contribution is 2.29. The van der Waals surface area contributed by atoms with Crippen LogP contribution in [-0.2, 0) is 0 Å². The van der Waals surface area contributed by atoms with E-state index in [9.17, 15) is 0 Å². The number of ether oxygens (including phenoxy) is 1. The van der Waals surface area contributed by atoms with E-state index in [1.165, 1.54) is 0 Å². The van der Waals surface area contributed by atoms with Gasteiger partial charge in [0.25, 0.3) is 0 Å². The van der Waals surface area contributed by atoms with E-state index in [-0.39, 0.29) is 5.75 Å². The molecule has 3 nitrogen and oxygen atoms in total. The van der Waals surface area contributed by atoms with Crippen molar-refractivity contribution >= 4 is 31.9 Å². The summed E-state index contributed by atoms with van der Waals surface area (Å²) in [5.41, 5.74) is 0. The zero-order chi connectivity index (χ0) is 11.5. The lowest BCUT2D eigenvalue weighted by molar-refractivity contribution is 0.451. The number of hydrogen-bond donors (Lipinski definition) is 1. The molecule has 2 aromatic rings. The van der Waals surface area contributed by atoms with Crippen LogP contribution in [0.1, 0.15) is 0 Å². The maximum Gasteiger partial charge on any atom is 0.233 e. The molecule has 1 aromatic heterocycles. The Bertz CT molecular complexity index is 500. The number of aromatic hydroxyl groups is 1. The summed E-state index contributed by atoms with van der Waals surface area (Å²) >= 11 is 6.66. The number of benzene rings is 1. The fourth-order valence-electron chi connectivity index (χ4n) is 1.10. The fourth-order valence-corrected chi connectivity index (χ4v) is 2.17. The van der Waals surface area contributed by atoms with Crippen LogP contribution < -0.4 is 4.74 Å². The summed E-state index contributed by atoms with van der Waals surface area (Å²) in [5.74, 6) is 1.30. The minimum absolute atomic E-state index is 0.204. The Balaban J connectivity index is 2.23. The van der Waals surface area contributed by atoms with Gasteiger partial charge in [-0.15, -0.1) is 0 Å². The van der Waals surface area contributed by atoms with Crippen LogP contribution in [0.15, 0.2) is 45.5 Å². The number of hydrogen-bond acceptors (Lipinski definition) is 3. The second-order valence-corrected chi connectivity index (χ2v) is 4.81. The van der Waals surface area contributed by atoms with Gasteiger partial charge in [-0.05, 0) is 62.2 Å². The Kier molecular flexibility index (Phi) is 3.46. The molecule has 0 saturated carbocycles. The first-order valence-electron chi connectivity index (χ1n) is 4.43. The molecule has 0 fully saturated rings. The Morgan fingerprint density at radius 1 is 1.12 bits per heavy atom. The van der Waals surface area contributed by atoms with E-state index in [1.807, 2.05) is 6.07 Å². The minimum Gasteiger partial charge on any atom is -0.508 e. The maximum atomic E-state index is 9.13. The first-order valence-corrected chi connectivity index (χ1v) is 6.02. The monoisotopic (exact) mass is 343 g/mol. The third-order valence-corrected chi connectivity index (χ3v) is 2.83. The first-order chi connectivity index (χ1) is 7.65. The highest BCUT2D eigenvalue weighted by Gasteiger charge is 2.04. The Morgan fingerprint density at radius 2 is 1.81 bits per heavy atom. The molecule has 0 saturated heterocycles. The van der Waals surface area contributed by atoms with Crippen molar-refractivity contribution in [3.63, 3.8) is 0 Å². The van der Waals surface area contributed by atoms with Crippen molar-refractivity contribution < 1.29 is 9.84 Å². The Morgan fingerprint density at radius 3 is 2.44 bits per heavy atom. The van der Waals surface area contributed by atoms with Crippen LogP contribution in [-0.4, -0.2) is 10.1 Å². The summed E-state index contributed by atoms with van der Waals surface area (Å²) in [6.45, 7) is 0. The van der Waals surface area contributed by atoms with Crippen molar-refractivity contribution in [3.05, 3.63) is 45.5 Å². The molecule has 2 rings (SSSR count). The molecule has 16 heavy (non-hydrogen) atoms. The third-order valence-electron chi connectivity index (χ3n) is 1.83. The number of nitrogens with zero attached hydrogens (tertiary/aromatic N) is 1. The normalized spacial score (nSPS) is 10.1. The molecule has 0 unspecified atom stereocenters. The van der Waals surface area contributed by atoms with E-state index < -0.39 is 0 Å². The molecule has 0 radical (unpaired) electrons. The van der Waals surface area contributed by atoms with E-state index in [2.05, 4.69) is 36.8 Å². The van der Waals surface area contributed by atoms with Crippen LogP contribution in [0.25, 0.3) is 0 Å². The number of pyridine rings is 1. The van der Waals surface area contributed by atoms with Crippen LogP contribution in [0.5, 0.6) is 17.4 Å². The summed E-state index contributed by atoms with van der Waals surface area (Å²) in [6, 6.07) is 8.31. The maximum absolute atomic E-state index is 9.13. The van der Waals surface area contributed by atoms with Gasteiger partial charge in [0.05, 0.1) is 4.47 Å². The highest BCUT2D eigenvalue weighted by molar-refractivity contribution is 9.11. The number of phenols is 1. The van der Waals surface area contributed by atoms with Gasteiger partial charge in [-0.3, -0.25) is 0 Å². The van der Waals surface area contributed by atoms with Crippen molar-refractivity contribution in [2.75, 3.05) is 0 Å². The lowest BCUT2D eigenvalue weighted by Gasteiger charge is -2.06. The molecule has 0 aliphatic carbocycles. The molecule has 0 aliphatic rings. The first kappa shape index (κ1) is 11.4. The fraction of sp³-hybridized carbons (Fsp3) is 0. The molecular weight excluding hydrogens is 338 g/mol. The molecule has 5 heteroatoms. The predicted octanol–water partition coefficient (Wildman–Crippen LogP) is 4.10. The van der Waals surface area contributed by atoms with E-state index in [1.54, 1.807) is 30.5 Å². The third kappa shape index (κ3) is 2.74. The van der Waals surface area contributed by atoms with Crippen molar-refractivity contribution in [1.29, 1.82) is 0 Å². The topological polar surface area (TPSA) is 42.4 Å². The molecule has 0 amide bonds. The molecule has 1 aromatic carbocycles. The zero-order valence-electron chi connectivity index (χ0n) is 8.02. The number of halogens is 2. The van der Waals surface area contributed by atoms with E-state index >= 15 is 0 Å². The number of phenolic OH excluding ortho intramolecular Hbond substituents is 1. The molecule has 0 spiro atoms. The van der Waals surface area contributed by atoms with Gasteiger partial charge < -0.3 is 9.84 Å².